The molecular formula is C31H25Cl2IN2O5S. The SMILES string of the molecule is CCOC(=O)C1=C(C)N=c2s/c(=C\c3cc(I)c(OCc4ccc(Cl)cc4Cl)c(OC)c3)c(=O)n2C1c1ccccc1. The van der Waals surface area contributed by atoms with Crippen LogP contribution >= 0.6 is 57.1 Å². The number of thiazole rings is 1. The molecule has 0 saturated carbocycles. The second-order valence-corrected chi connectivity index (χ2v) is 12.3. The smallest absolute Gasteiger partial charge is 0.338 e. The number of benzene rings is 3. The molecule has 11 heteroatoms. The van der Waals surface area contributed by atoms with Gasteiger partial charge in [-0.1, -0.05) is 70.9 Å². The first-order valence-corrected chi connectivity index (χ1v) is 15.6. The molecule has 5 rings (SSSR count). The van der Waals surface area contributed by atoms with Crippen molar-refractivity contribution in [1.29, 1.82) is 0 Å². The molecule has 0 aliphatic carbocycles. The summed E-state index contributed by atoms with van der Waals surface area (Å²) < 4.78 is 19.9. The van der Waals surface area contributed by atoms with Gasteiger partial charge in [-0.15, -0.1) is 0 Å². The first kappa shape index (κ1) is 30.3. The molecule has 42 heavy (non-hydrogen) atoms. The fourth-order valence-corrected chi connectivity index (χ4v) is 6.94. The van der Waals surface area contributed by atoms with Crippen molar-refractivity contribution < 1.29 is 19.0 Å². The number of aromatic nitrogens is 1. The third-order valence-electron chi connectivity index (χ3n) is 6.57. The maximum Gasteiger partial charge on any atom is 0.338 e. The monoisotopic (exact) mass is 734 g/mol. The number of hydrogen-bond acceptors (Lipinski definition) is 7. The normalized spacial score (nSPS) is 14.8. The van der Waals surface area contributed by atoms with Gasteiger partial charge in [0, 0.05) is 15.6 Å². The second-order valence-electron chi connectivity index (χ2n) is 9.27. The zero-order valence-electron chi connectivity index (χ0n) is 22.8. The zero-order chi connectivity index (χ0) is 30.0. The molecule has 0 saturated heterocycles. The van der Waals surface area contributed by atoms with Crippen LogP contribution in [0.1, 0.15) is 36.6 Å². The number of methoxy groups -OCH3 is 1. The van der Waals surface area contributed by atoms with Gasteiger partial charge in [-0.2, -0.15) is 0 Å². The van der Waals surface area contributed by atoms with Gasteiger partial charge < -0.3 is 14.2 Å². The van der Waals surface area contributed by atoms with E-state index >= 15 is 0 Å². The zero-order valence-corrected chi connectivity index (χ0v) is 27.3. The van der Waals surface area contributed by atoms with Crippen LogP contribution in [0.3, 0.4) is 0 Å². The van der Waals surface area contributed by atoms with Crippen molar-refractivity contribution in [2.45, 2.75) is 26.5 Å². The number of rotatable bonds is 8. The molecule has 1 atom stereocenters. The van der Waals surface area contributed by atoms with Crippen LogP contribution in [0.4, 0.5) is 0 Å². The predicted molar refractivity (Wildman–Crippen MR) is 173 cm³/mol. The molecule has 7 nitrogen and oxygen atoms in total. The van der Waals surface area contributed by atoms with Crippen LogP contribution in [0.5, 0.6) is 11.5 Å². The van der Waals surface area contributed by atoms with Crippen molar-refractivity contribution in [2.24, 2.45) is 4.99 Å². The average molecular weight is 735 g/mol. The Hall–Kier alpha value is -3.12. The molecule has 2 heterocycles. The maximum absolute atomic E-state index is 13.9. The fraction of sp³-hybridized carbons (Fsp3) is 0.194. The molecule has 0 fully saturated rings. The van der Waals surface area contributed by atoms with Crippen molar-refractivity contribution in [1.82, 2.24) is 4.57 Å². The molecular weight excluding hydrogens is 710 g/mol. The van der Waals surface area contributed by atoms with Crippen LogP contribution in [0.2, 0.25) is 10.0 Å². The highest BCUT2D eigenvalue weighted by Gasteiger charge is 2.33. The summed E-state index contributed by atoms with van der Waals surface area (Å²) in [6.07, 6.45) is 1.79. The number of carbonyl (C=O) groups excluding carboxylic acids is 1. The molecule has 0 N–H and O–H groups in total. The lowest BCUT2D eigenvalue weighted by Crippen LogP contribution is -2.39. The standard InChI is InChI=1S/C31H25Cl2IN2O5S/c1-4-40-30(38)26-17(2)35-31-36(27(26)19-8-6-5-7-9-19)29(37)25(42-31)14-18-12-23(34)28(24(13-18)39-3)41-16-20-10-11-21(32)15-22(20)33/h5-15,27H,4,16H2,1-3H3/b25-14-. The molecule has 1 aromatic heterocycles. The largest absolute Gasteiger partial charge is 0.493 e. The molecule has 0 radical (unpaired) electrons. The highest BCUT2D eigenvalue weighted by atomic mass is 127. The first-order chi connectivity index (χ1) is 20.2. The summed E-state index contributed by atoms with van der Waals surface area (Å²) in [5.74, 6) is 0.576. The number of fused-ring (bicyclic) bond motifs is 1. The molecule has 1 unspecified atom stereocenters. The Morgan fingerprint density at radius 2 is 1.90 bits per heavy atom. The molecule has 1 aliphatic heterocycles. The van der Waals surface area contributed by atoms with E-state index in [-0.39, 0.29) is 18.8 Å². The van der Waals surface area contributed by atoms with E-state index in [0.29, 0.717) is 42.1 Å². The molecule has 216 valence electrons. The quantitative estimate of drug-likeness (QED) is 0.157. The van der Waals surface area contributed by atoms with Gasteiger partial charge in [0.25, 0.3) is 5.56 Å². The summed E-state index contributed by atoms with van der Waals surface area (Å²) >= 11 is 15.8. The van der Waals surface area contributed by atoms with E-state index in [9.17, 15) is 9.59 Å². The predicted octanol–water partition coefficient (Wildman–Crippen LogP) is 6.30. The Kier molecular flexibility index (Phi) is 9.41. The minimum atomic E-state index is -0.659. The lowest BCUT2D eigenvalue weighted by molar-refractivity contribution is -0.139. The summed E-state index contributed by atoms with van der Waals surface area (Å²) in [5, 5.41) is 1.06. The molecule has 0 spiro atoms. The number of allylic oxidation sites excluding steroid dienone is 1. The van der Waals surface area contributed by atoms with Crippen molar-refractivity contribution in [2.75, 3.05) is 13.7 Å². The molecule has 0 amide bonds. The highest BCUT2D eigenvalue weighted by Crippen LogP contribution is 2.36. The second kappa shape index (κ2) is 13.0. The third-order valence-corrected chi connectivity index (χ3v) is 8.94. The summed E-state index contributed by atoms with van der Waals surface area (Å²) in [6.45, 7) is 3.96. The number of ether oxygens (including phenoxy) is 3. The van der Waals surface area contributed by atoms with Crippen LogP contribution in [-0.4, -0.2) is 24.3 Å². The molecule has 0 bridgehead atoms. The van der Waals surface area contributed by atoms with Gasteiger partial charge in [-0.05, 0) is 77.9 Å². The number of carbonyl (C=O) groups is 1. The van der Waals surface area contributed by atoms with Crippen LogP contribution in [0.25, 0.3) is 6.08 Å². The highest BCUT2D eigenvalue weighted by molar-refractivity contribution is 14.1. The Labute approximate surface area is 269 Å². The van der Waals surface area contributed by atoms with E-state index in [2.05, 4.69) is 27.6 Å². The van der Waals surface area contributed by atoms with Gasteiger partial charge >= 0.3 is 5.97 Å². The van der Waals surface area contributed by atoms with Crippen LogP contribution in [-0.2, 0) is 16.1 Å². The lowest BCUT2D eigenvalue weighted by Gasteiger charge is -2.24. The number of halogens is 3. The van der Waals surface area contributed by atoms with E-state index in [1.54, 1.807) is 43.7 Å². The van der Waals surface area contributed by atoms with Crippen LogP contribution in [0, 0.1) is 3.57 Å². The fourth-order valence-electron chi connectivity index (χ4n) is 4.65. The van der Waals surface area contributed by atoms with Crippen molar-refractivity contribution in [3.63, 3.8) is 0 Å². The van der Waals surface area contributed by atoms with E-state index in [1.807, 2.05) is 48.5 Å². The van der Waals surface area contributed by atoms with Gasteiger partial charge in [-0.25, -0.2) is 9.79 Å². The van der Waals surface area contributed by atoms with E-state index in [4.69, 9.17) is 37.4 Å². The lowest BCUT2D eigenvalue weighted by atomic mass is 9.96. The number of esters is 1. The average Bonchev–Trinajstić information content (AvgIpc) is 3.26. The summed E-state index contributed by atoms with van der Waals surface area (Å²) in [4.78, 5) is 32.1. The molecule has 1 aliphatic rings. The first-order valence-electron chi connectivity index (χ1n) is 12.9. The van der Waals surface area contributed by atoms with Crippen molar-refractivity contribution in [3.8, 4) is 11.5 Å². The van der Waals surface area contributed by atoms with Crippen LogP contribution in [0.15, 0.2) is 81.7 Å². The third kappa shape index (κ3) is 6.15. The van der Waals surface area contributed by atoms with Gasteiger partial charge in [0.05, 0.1) is 39.1 Å². The minimum Gasteiger partial charge on any atom is -0.493 e. The Morgan fingerprint density at radius 1 is 1.14 bits per heavy atom. The Bertz CT molecular complexity index is 1890. The summed E-state index contributed by atoms with van der Waals surface area (Å²) in [5.41, 5.74) is 2.94. The van der Waals surface area contributed by atoms with Gasteiger partial charge in [0.2, 0.25) is 0 Å². The van der Waals surface area contributed by atoms with E-state index in [0.717, 1.165) is 20.3 Å². The minimum absolute atomic E-state index is 0.217. The summed E-state index contributed by atoms with van der Waals surface area (Å²) in [7, 11) is 1.56. The van der Waals surface area contributed by atoms with E-state index in [1.165, 1.54) is 11.3 Å². The van der Waals surface area contributed by atoms with Gasteiger partial charge in [-0.3, -0.25) is 9.36 Å². The van der Waals surface area contributed by atoms with Gasteiger partial charge in [0.1, 0.15) is 6.61 Å². The van der Waals surface area contributed by atoms with Crippen molar-refractivity contribution >= 4 is 69.2 Å². The molecule has 3 aromatic carbocycles. The van der Waals surface area contributed by atoms with Crippen LogP contribution < -0.4 is 24.4 Å². The number of hydrogen-bond donors (Lipinski definition) is 0. The Balaban J connectivity index is 1.56. The number of nitrogens with zero attached hydrogens (tertiary/aromatic N) is 2. The Morgan fingerprint density at radius 3 is 2.60 bits per heavy atom. The van der Waals surface area contributed by atoms with Crippen molar-refractivity contribution in [3.05, 3.63) is 122 Å². The maximum atomic E-state index is 13.9. The van der Waals surface area contributed by atoms with E-state index < -0.39 is 12.0 Å². The topological polar surface area (TPSA) is 79.1 Å². The summed E-state index contributed by atoms with van der Waals surface area (Å²) in [6, 6.07) is 17.7. The van der Waals surface area contributed by atoms with Gasteiger partial charge in [0.15, 0.2) is 16.3 Å². The molecule has 4 aromatic rings.